The van der Waals surface area contributed by atoms with Crippen LogP contribution in [-0.2, 0) is 19.5 Å². The van der Waals surface area contributed by atoms with Gasteiger partial charge < -0.3 is 10.3 Å². The molecule has 0 spiro atoms. The zero-order chi connectivity index (χ0) is 9.97. The molecule has 0 aliphatic heterocycles. The standard InChI is InChI=1S/C10H18N4/c1-2-14-9(6-8-4-3-5-8)12-13-10(14)7-11/h8H,2-7,11H2,1H3. The molecule has 1 fully saturated rings. The first kappa shape index (κ1) is 9.65. The third-order valence-corrected chi connectivity index (χ3v) is 3.10. The van der Waals surface area contributed by atoms with Crippen LogP contribution in [0.15, 0.2) is 0 Å². The molecule has 0 bridgehead atoms. The van der Waals surface area contributed by atoms with Crippen molar-refractivity contribution in [2.45, 2.75) is 45.7 Å². The van der Waals surface area contributed by atoms with Crippen LogP contribution in [0.1, 0.15) is 37.8 Å². The van der Waals surface area contributed by atoms with Gasteiger partial charge >= 0.3 is 0 Å². The van der Waals surface area contributed by atoms with Crippen LogP contribution in [0.3, 0.4) is 0 Å². The zero-order valence-electron chi connectivity index (χ0n) is 8.74. The van der Waals surface area contributed by atoms with E-state index < -0.39 is 0 Å². The van der Waals surface area contributed by atoms with E-state index in [-0.39, 0.29) is 0 Å². The van der Waals surface area contributed by atoms with E-state index in [1.165, 1.54) is 19.3 Å². The summed E-state index contributed by atoms with van der Waals surface area (Å²) >= 11 is 0. The summed E-state index contributed by atoms with van der Waals surface area (Å²) in [4.78, 5) is 0. The Morgan fingerprint density at radius 1 is 1.36 bits per heavy atom. The number of rotatable bonds is 4. The summed E-state index contributed by atoms with van der Waals surface area (Å²) in [5.41, 5.74) is 5.59. The summed E-state index contributed by atoms with van der Waals surface area (Å²) in [6.45, 7) is 3.54. The minimum atomic E-state index is 0.492. The van der Waals surface area contributed by atoms with Crippen LogP contribution >= 0.6 is 0 Å². The molecule has 4 heteroatoms. The molecule has 1 aliphatic carbocycles. The van der Waals surface area contributed by atoms with Crippen LogP contribution in [0.5, 0.6) is 0 Å². The minimum absolute atomic E-state index is 0.492. The van der Waals surface area contributed by atoms with Crippen LogP contribution in [0.4, 0.5) is 0 Å². The molecular weight excluding hydrogens is 176 g/mol. The second-order valence-corrected chi connectivity index (χ2v) is 3.98. The van der Waals surface area contributed by atoms with Crippen molar-refractivity contribution < 1.29 is 0 Å². The molecule has 0 unspecified atom stereocenters. The molecule has 0 amide bonds. The summed E-state index contributed by atoms with van der Waals surface area (Å²) in [6.07, 6.45) is 5.18. The highest BCUT2D eigenvalue weighted by atomic mass is 15.3. The normalized spacial score (nSPS) is 17.0. The lowest BCUT2D eigenvalue weighted by Crippen LogP contribution is -2.17. The zero-order valence-corrected chi connectivity index (χ0v) is 8.74. The highest BCUT2D eigenvalue weighted by molar-refractivity contribution is 4.97. The van der Waals surface area contributed by atoms with Crippen molar-refractivity contribution in [1.82, 2.24) is 14.8 Å². The van der Waals surface area contributed by atoms with Gasteiger partial charge in [0, 0.05) is 13.0 Å². The Morgan fingerprint density at radius 3 is 2.57 bits per heavy atom. The predicted molar refractivity (Wildman–Crippen MR) is 54.6 cm³/mol. The third-order valence-electron chi connectivity index (χ3n) is 3.10. The second kappa shape index (κ2) is 4.09. The molecule has 1 aromatic rings. The Balaban J connectivity index is 2.10. The topological polar surface area (TPSA) is 56.7 Å². The lowest BCUT2D eigenvalue weighted by Gasteiger charge is -2.24. The van der Waals surface area contributed by atoms with Crippen LogP contribution in [-0.4, -0.2) is 14.8 Å². The molecule has 0 atom stereocenters. The van der Waals surface area contributed by atoms with Crippen LogP contribution in [0, 0.1) is 5.92 Å². The highest BCUT2D eigenvalue weighted by Crippen LogP contribution is 2.29. The first-order chi connectivity index (χ1) is 6.85. The van der Waals surface area contributed by atoms with E-state index >= 15 is 0 Å². The fourth-order valence-corrected chi connectivity index (χ4v) is 1.99. The molecule has 14 heavy (non-hydrogen) atoms. The van der Waals surface area contributed by atoms with Crippen LogP contribution in [0.25, 0.3) is 0 Å². The van der Waals surface area contributed by atoms with E-state index in [4.69, 9.17) is 5.73 Å². The molecule has 0 radical (unpaired) electrons. The van der Waals surface area contributed by atoms with Gasteiger partial charge in [0.05, 0.1) is 6.54 Å². The maximum absolute atomic E-state index is 5.59. The molecule has 78 valence electrons. The monoisotopic (exact) mass is 194 g/mol. The molecule has 1 saturated carbocycles. The predicted octanol–water partition coefficient (Wildman–Crippen LogP) is 1.10. The van der Waals surface area contributed by atoms with Crippen LogP contribution < -0.4 is 5.73 Å². The number of nitrogens with zero attached hydrogens (tertiary/aromatic N) is 3. The highest BCUT2D eigenvalue weighted by Gasteiger charge is 2.21. The van der Waals surface area contributed by atoms with E-state index in [1.807, 2.05) is 0 Å². The number of nitrogens with two attached hydrogens (primary N) is 1. The first-order valence-corrected chi connectivity index (χ1v) is 5.46. The van der Waals surface area contributed by atoms with Crippen LogP contribution in [0.2, 0.25) is 0 Å². The summed E-state index contributed by atoms with van der Waals surface area (Å²) in [6, 6.07) is 0. The lowest BCUT2D eigenvalue weighted by atomic mass is 9.83. The van der Waals surface area contributed by atoms with Gasteiger partial charge in [-0.1, -0.05) is 19.3 Å². The quantitative estimate of drug-likeness (QED) is 0.780. The fourth-order valence-electron chi connectivity index (χ4n) is 1.99. The van der Waals surface area contributed by atoms with E-state index in [1.54, 1.807) is 0 Å². The van der Waals surface area contributed by atoms with Gasteiger partial charge in [0.1, 0.15) is 11.6 Å². The van der Waals surface area contributed by atoms with E-state index in [0.29, 0.717) is 6.54 Å². The Hall–Kier alpha value is -0.900. The van der Waals surface area contributed by atoms with Gasteiger partial charge in [-0.15, -0.1) is 10.2 Å². The minimum Gasteiger partial charge on any atom is -0.324 e. The summed E-state index contributed by atoms with van der Waals surface area (Å²) in [7, 11) is 0. The second-order valence-electron chi connectivity index (χ2n) is 3.98. The van der Waals surface area contributed by atoms with Crippen molar-refractivity contribution in [2.75, 3.05) is 0 Å². The van der Waals surface area contributed by atoms with Gasteiger partial charge in [0.25, 0.3) is 0 Å². The molecule has 0 aromatic carbocycles. The molecule has 2 N–H and O–H groups in total. The largest absolute Gasteiger partial charge is 0.324 e. The molecule has 4 nitrogen and oxygen atoms in total. The molecule has 1 heterocycles. The van der Waals surface area contributed by atoms with E-state index in [2.05, 4.69) is 21.7 Å². The van der Waals surface area contributed by atoms with E-state index in [0.717, 1.165) is 30.5 Å². The van der Waals surface area contributed by atoms with Gasteiger partial charge in [0.2, 0.25) is 0 Å². The Labute approximate surface area is 84.5 Å². The third kappa shape index (κ3) is 1.66. The number of aromatic nitrogens is 3. The summed E-state index contributed by atoms with van der Waals surface area (Å²) in [5.74, 6) is 2.88. The smallest absolute Gasteiger partial charge is 0.146 e. The van der Waals surface area contributed by atoms with Crippen molar-refractivity contribution in [3.63, 3.8) is 0 Å². The number of hydrogen-bond donors (Lipinski definition) is 1. The molecule has 1 aromatic heterocycles. The SMILES string of the molecule is CCn1c(CN)nnc1CC1CCC1. The molecule has 1 aliphatic rings. The molecule has 2 rings (SSSR count). The van der Waals surface area contributed by atoms with Crippen molar-refractivity contribution in [3.8, 4) is 0 Å². The van der Waals surface area contributed by atoms with Gasteiger partial charge in [-0.25, -0.2) is 0 Å². The molecular formula is C10H18N4. The van der Waals surface area contributed by atoms with E-state index in [9.17, 15) is 0 Å². The first-order valence-electron chi connectivity index (χ1n) is 5.46. The van der Waals surface area contributed by atoms with Crippen molar-refractivity contribution in [3.05, 3.63) is 11.6 Å². The van der Waals surface area contributed by atoms with Gasteiger partial charge in [-0.2, -0.15) is 0 Å². The van der Waals surface area contributed by atoms with Crippen molar-refractivity contribution >= 4 is 0 Å². The summed E-state index contributed by atoms with van der Waals surface area (Å²) < 4.78 is 2.15. The number of hydrogen-bond acceptors (Lipinski definition) is 3. The van der Waals surface area contributed by atoms with Gasteiger partial charge in [0.15, 0.2) is 0 Å². The van der Waals surface area contributed by atoms with Gasteiger partial charge in [-0.3, -0.25) is 0 Å². The average Bonchev–Trinajstić information content (AvgIpc) is 2.53. The Kier molecular flexibility index (Phi) is 2.82. The average molecular weight is 194 g/mol. The Morgan fingerprint density at radius 2 is 2.07 bits per heavy atom. The molecule has 0 saturated heterocycles. The summed E-state index contributed by atoms with van der Waals surface area (Å²) in [5, 5.41) is 8.32. The van der Waals surface area contributed by atoms with Crippen molar-refractivity contribution in [1.29, 1.82) is 0 Å². The van der Waals surface area contributed by atoms with Gasteiger partial charge in [-0.05, 0) is 12.8 Å². The Bertz CT molecular complexity index is 301. The lowest BCUT2D eigenvalue weighted by molar-refractivity contribution is 0.305. The van der Waals surface area contributed by atoms with Crippen molar-refractivity contribution in [2.24, 2.45) is 11.7 Å². The maximum atomic E-state index is 5.59. The maximum Gasteiger partial charge on any atom is 0.146 e. The fraction of sp³-hybridized carbons (Fsp3) is 0.800.